The number of allylic oxidation sites excluding steroid dienone is 5. The number of ether oxygens (including phenoxy) is 2. The summed E-state index contributed by atoms with van der Waals surface area (Å²) in [5, 5.41) is 18.2. The third-order valence-corrected chi connectivity index (χ3v) is 13.9. The van der Waals surface area contributed by atoms with Gasteiger partial charge in [0.15, 0.2) is 12.1 Å². The van der Waals surface area contributed by atoms with Crippen LogP contribution in [-0.2, 0) is 20.7 Å². The van der Waals surface area contributed by atoms with Gasteiger partial charge in [-0.25, -0.2) is 0 Å². The fourth-order valence-electron chi connectivity index (χ4n) is 9.80. The molecule has 1 unspecified atom stereocenters. The molecular weight excluding hydrogens is 821 g/mol. The van der Waals surface area contributed by atoms with E-state index in [2.05, 4.69) is 80.2 Å². The molecule has 0 aromatic carbocycles. The van der Waals surface area contributed by atoms with Crippen LogP contribution < -0.4 is 25.7 Å². The van der Waals surface area contributed by atoms with E-state index in [-0.39, 0.29) is 53.1 Å². The molecule has 1 N–H and O–H groups in total. The normalized spacial score (nSPS) is 22.4. The van der Waals surface area contributed by atoms with Gasteiger partial charge in [-0.2, -0.15) is 11.4 Å². The predicted molar refractivity (Wildman–Crippen MR) is 265 cm³/mol. The second kappa shape index (κ2) is 23.1. The Hall–Kier alpha value is -4.09. The zero-order chi connectivity index (χ0) is 46.4. The van der Waals surface area contributed by atoms with E-state index in [1.54, 1.807) is 0 Å². The molecule has 3 aromatic heterocycles. The molecule has 9 nitrogen and oxygen atoms in total. The quantitative estimate of drug-likeness (QED) is 0.0514. The molecular formula is C55H72MgN4O5-2. The van der Waals surface area contributed by atoms with Gasteiger partial charge in [-0.3, -0.25) is 9.59 Å². The molecule has 0 radical (unpaired) electrons. The molecule has 0 saturated carbocycles. The predicted octanol–water partition coefficient (Wildman–Crippen LogP) is 9.93. The number of aliphatic hydroxyl groups is 1. The molecule has 0 amide bonds. The van der Waals surface area contributed by atoms with Crippen LogP contribution >= 0.6 is 0 Å². The average molecular weight is 894 g/mol. The van der Waals surface area contributed by atoms with Crippen molar-refractivity contribution in [3.63, 3.8) is 0 Å². The molecule has 3 aromatic rings. The first-order chi connectivity index (χ1) is 30.6. The largest absolute Gasteiger partial charge is 2.00 e. The summed E-state index contributed by atoms with van der Waals surface area (Å²) in [5.41, 5.74) is 11.2. The van der Waals surface area contributed by atoms with Gasteiger partial charge in [0.05, 0.1) is 12.5 Å². The van der Waals surface area contributed by atoms with Gasteiger partial charge in [-0.15, -0.1) is 33.5 Å². The minimum Gasteiger partial charge on any atom is -0.664 e. The Labute approximate surface area is 404 Å². The van der Waals surface area contributed by atoms with Crippen molar-refractivity contribution >= 4 is 64.7 Å². The summed E-state index contributed by atoms with van der Waals surface area (Å²) in [4.78, 5) is 43.2. The molecule has 346 valence electrons. The Morgan fingerprint density at radius 2 is 1.63 bits per heavy atom. The molecule has 10 heteroatoms. The summed E-state index contributed by atoms with van der Waals surface area (Å²) in [5.74, 6) is 0.0471. The van der Waals surface area contributed by atoms with Gasteiger partial charge in [-0.1, -0.05) is 143 Å². The van der Waals surface area contributed by atoms with E-state index in [1.807, 2.05) is 38.2 Å². The number of hydrogen-bond donors (Lipinski definition) is 1. The van der Waals surface area contributed by atoms with Crippen LogP contribution in [0.2, 0.25) is 0 Å². The molecule has 0 spiro atoms. The van der Waals surface area contributed by atoms with Crippen LogP contribution in [0.5, 0.6) is 0 Å². The van der Waals surface area contributed by atoms with E-state index in [1.165, 1.54) is 38.4 Å². The number of hydrogen-bond acceptors (Lipinski definition) is 5. The van der Waals surface area contributed by atoms with Crippen LogP contribution in [0.4, 0.5) is 0 Å². The number of esters is 1. The minimum atomic E-state index is -1.41. The molecule has 5 heterocycles. The first-order valence-corrected chi connectivity index (χ1v) is 23.8. The van der Waals surface area contributed by atoms with Gasteiger partial charge < -0.3 is 34.8 Å². The van der Waals surface area contributed by atoms with Crippen LogP contribution in [0.15, 0.2) is 41.8 Å². The van der Waals surface area contributed by atoms with Crippen LogP contribution in [0, 0.1) is 56.3 Å². The first kappa shape index (κ1) is 51.9. The summed E-state index contributed by atoms with van der Waals surface area (Å²) in [6.07, 6.45) is 22.6. The number of nitrogens with zero attached hydrogens (tertiary/aromatic N) is 4. The Kier molecular flexibility index (Phi) is 18.4. The standard InChI is InChI=1S/C55H73N4O5.Mg/c1-13-39-35(8)42-28-44-37(10)41(24-25-48(60)64-27-26-34(7)23-17-22-33(6)21-16-20-32(5)19-15-18-31(3)4)52(58-44)50-51(55(62)63-12)54(61)49-38(11)45(59-53(49)50)30-47-40(14-2)36(9)43(57-47)29-46(39)56-42;/h13,15,18,23,28-33,37,41,51,55,62H,1,14,16-17,19-22,24-27H2,2-12H3,(H-,58,59,61);/q-3;+2/p-1/b18-15-,34-23+,43-29-,44-28-,47-30-;/t32-,33-,37+,41+,51-,55?;/m1./s1. The van der Waals surface area contributed by atoms with Crippen molar-refractivity contribution in [2.75, 3.05) is 13.7 Å². The van der Waals surface area contributed by atoms with Gasteiger partial charge >= 0.3 is 29.0 Å². The minimum absolute atomic E-state index is 0. The van der Waals surface area contributed by atoms with Gasteiger partial charge in [0.2, 0.25) is 0 Å². The molecule has 1 fully saturated rings. The number of fused-ring (bicyclic) bond motifs is 7. The van der Waals surface area contributed by atoms with E-state index in [9.17, 15) is 14.7 Å². The van der Waals surface area contributed by atoms with E-state index < -0.39 is 12.2 Å². The van der Waals surface area contributed by atoms with Crippen molar-refractivity contribution in [3.05, 3.63) is 114 Å². The SMILES string of the molecule is C=Cc1c2[n-]c(c1C)/C=C1\[N-]/C(=C3\c4[n-]c(c(C)c4C(=O)[C@@H]3C(O)OC)/C=c3\[n-]/c(c(C)c3CC)=C\2)[C@@H](CCC(=O)OCC/C(C)=C/CC[C@H](C)CCC[C@H](C)C/C=C\C(C)C)[C@@H]1C.[Mg+2]. The van der Waals surface area contributed by atoms with Gasteiger partial charge in [0.25, 0.3) is 0 Å². The zero-order valence-electron chi connectivity index (χ0n) is 41.1. The van der Waals surface area contributed by atoms with Crippen molar-refractivity contribution in [2.45, 2.75) is 140 Å². The molecule has 1 aliphatic carbocycles. The maximum atomic E-state index is 14.4. The van der Waals surface area contributed by atoms with Crippen LogP contribution in [0.1, 0.15) is 167 Å². The Morgan fingerprint density at radius 3 is 2.32 bits per heavy atom. The van der Waals surface area contributed by atoms with Gasteiger partial charge in [-0.05, 0) is 95.0 Å². The van der Waals surface area contributed by atoms with E-state index in [0.717, 1.165) is 80.8 Å². The summed E-state index contributed by atoms with van der Waals surface area (Å²) in [6, 6.07) is 0. The smallest absolute Gasteiger partial charge is 0.664 e. The van der Waals surface area contributed by atoms with Crippen molar-refractivity contribution < 1.29 is 24.2 Å². The van der Waals surface area contributed by atoms with Crippen molar-refractivity contribution in [2.24, 2.45) is 35.5 Å². The zero-order valence-corrected chi connectivity index (χ0v) is 42.6. The number of carbonyl (C=O) groups is 2. The first-order valence-electron chi connectivity index (χ1n) is 23.8. The van der Waals surface area contributed by atoms with Gasteiger partial charge in [0, 0.05) is 25.5 Å². The van der Waals surface area contributed by atoms with E-state index in [0.29, 0.717) is 59.5 Å². The molecule has 3 aliphatic rings. The maximum Gasteiger partial charge on any atom is 2.00 e. The van der Waals surface area contributed by atoms with Gasteiger partial charge in [0.1, 0.15) is 0 Å². The summed E-state index contributed by atoms with van der Waals surface area (Å²) >= 11 is 0. The Balaban J connectivity index is 0.00000793. The number of aromatic nitrogens is 3. The fourth-order valence-corrected chi connectivity index (χ4v) is 9.80. The Bertz CT molecular complexity index is 2450. The molecule has 6 atom stereocenters. The molecule has 2 aliphatic heterocycles. The van der Waals surface area contributed by atoms with Crippen molar-refractivity contribution in [1.29, 1.82) is 0 Å². The third-order valence-electron chi connectivity index (χ3n) is 13.9. The second-order valence-corrected chi connectivity index (χ2v) is 19.1. The monoisotopic (exact) mass is 893 g/mol. The summed E-state index contributed by atoms with van der Waals surface area (Å²) in [7, 11) is 1.39. The van der Waals surface area contributed by atoms with E-state index in [4.69, 9.17) is 29.7 Å². The topological polar surface area (TPSA) is 129 Å². The molecule has 8 bridgehead atoms. The van der Waals surface area contributed by atoms with Crippen molar-refractivity contribution in [1.82, 2.24) is 15.0 Å². The number of carbonyl (C=O) groups excluding carboxylic acids is 2. The number of methoxy groups -OCH3 is 1. The maximum absolute atomic E-state index is 14.4. The number of ketones is 1. The number of aliphatic hydroxyl groups excluding tert-OH is 1. The summed E-state index contributed by atoms with van der Waals surface area (Å²) in [6.45, 7) is 26.0. The molecule has 6 rings (SSSR count). The number of Topliss-reactive ketones (excluding diaryl/α,β-unsaturated/α-hetero) is 1. The molecule has 1 saturated heterocycles. The molecule has 65 heavy (non-hydrogen) atoms. The van der Waals surface area contributed by atoms with Crippen LogP contribution in [0.3, 0.4) is 0 Å². The van der Waals surface area contributed by atoms with E-state index >= 15 is 0 Å². The fraction of sp³-hybridized carbons (Fsp3) is 0.527. The second-order valence-electron chi connectivity index (χ2n) is 19.1. The Morgan fingerprint density at radius 1 is 0.923 bits per heavy atom. The van der Waals surface area contributed by atoms with Crippen molar-refractivity contribution in [3.8, 4) is 0 Å². The van der Waals surface area contributed by atoms with Crippen LogP contribution in [-0.4, -0.2) is 59.9 Å². The number of rotatable bonds is 20. The van der Waals surface area contributed by atoms with Crippen LogP contribution in [0.25, 0.3) is 35.2 Å². The summed E-state index contributed by atoms with van der Waals surface area (Å²) < 4.78 is 11.3. The average Bonchev–Trinajstić information content (AvgIpc) is 3.99. The third kappa shape index (κ3) is 11.7.